The van der Waals surface area contributed by atoms with Crippen LogP contribution in [-0.4, -0.2) is 12.9 Å². The van der Waals surface area contributed by atoms with Crippen LogP contribution in [0.3, 0.4) is 0 Å². The van der Waals surface area contributed by atoms with Gasteiger partial charge in [-0.2, -0.15) is 0 Å². The zero-order chi connectivity index (χ0) is 15.1. The van der Waals surface area contributed by atoms with Crippen molar-refractivity contribution in [3.05, 3.63) is 52.2 Å². The molecule has 3 heteroatoms. The first-order valence-corrected chi connectivity index (χ1v) is 8.47. The van der Waals surface area contributed by atoms with E-state index in [9.17, 15) is 0 Å². The molecule has 2 rings (SSSR count). The van der Waals surface area contributed by atoms with Crippen LogP contribution in [0.2, 0.25) is 0 Å². The quantitative estimate of drug-likeness (QED) is 0.620. The molecular formula is C18H24O2S. The molecule has 1 heterocycles. The summed E-state index contributed by atoms with van der Waals surface area (Å²) in [6, 6.07) is 12.5. The summed E-state index contributed by atoms with van der Waals surface area (Å²) in [4.78, 5) is 1.35. The predicted octanol–water partition coefficient (Wildman–Crippen LogP) is 5.25. The molecule has 114 valence electrons. The maximum atomic E-state index is 5.78. The fourth-order valence-electron chi connectivity index (χ4n) is 2.12. The topological polar surface area (TPSA) is 18.5 Å². The molecule has 21 heavy (non-hydrogen) atoms. The standard InChI is InChI=1S/C18H24O2S/c1-4-14(2)16-7-9-17(10-8-16)20-15(3)19-12-11-18-6-5-13-21-18/h5-10,13-15H,4,11-12H2,1-3H3. The maximum absolute atomic E-state index is 5.78. The first kappa shape index (κ1) is 16.1. The predicted molar refractivity (Wildman–Crippen MR) is 89.2 cm³/mol. The molecule has 0 N–H and O–H groups in total. The van der Waals surface area contributed by atoms with E-state index in [-0.39, 0.29) is 6.29 Å². The van der Waals surface area contributed by atoms with E-state index in [1.165, 1.54) is 10.4 Å². The second-order valence-electron chi connectivity index (χ2n) is 5.26. The molecule has 0 bridgehead atoms. The van der Waals surface area contributed by atoms with Gasteiger partial charge in [-0.05, 0) is 48.4 Å². The Morgan fingerprint density at radius 2 is 1.86 bits per heavy atom. The molecule has 0 fully saturated rings. The minimum absolute atomic E-state index is 0.223. The minimum Gasteiger partial charge on any atom is -0.465 e. The summed E-state index contributed by atoms with van der Waals surface area (Å²) in [7, 11) is 0. The molecule has 1 aromatic heterocycles. The number of hydrogen-bond donors (Lipinski definition) is 0. The van der Waals surface area contributed by atoms with Crippen LogP contribution in [0, 0.1) is 0 Å². The summed E-state index contributed by atoms with van der Waals surface area (Å²) in [5, 5.41) is 2.09. The Morgan fingerprint density at radius 1 is 1.10 bits per heavy atom. The highest BCUT2D eigenvalue weighted by atomic mass is 32.1. The molecule has 0 saturated carbocycles. The molecule has 1 aromatic carbocycles. The Kier molecular flexibility index (Phi) is 6.27. The van der Waals surface area contributed by atoms with Crippen molar-refractivity contribution in [3.63, 3.8) is 0 Å². The van der Waals surface area contributed by atoms with E-state index in [1.54, 1.807) is 11.3 Å². The molecule has 0 spiro atoms. The van der Waals surface area contributed by atoms with Crippen molar-refractivity contribution in [2.45, 2.75) is 45.8 Å². The van der Waals surface area contributed by atoms with E-state index >= 15 is 0 Å². The molecule has 0 aliphatic rings. The van der Waals surface area contributed by atoms with Crippen LogP contribution in [0.15, 0.2) is 41.8 Å². The number of hydrogen-bond acceptors (Lipinski definition) is 3. The summed E-state index contributed by atoms with van der Waals surface area (Å²) in [6.07, 6.45) is 1.88. The van der Waals surface area contributed by atoms with E-state index < -0.39 is 0 Å². The van der Waals surface area contributed by atoms with Gasteiger partial charge >= 0.3 is 0 Å². The van der Waals surface area contributed by atoms with Crippen molar-refractivity contribution in [3.8, 4) is 5.75 Å². The van der Waals surface area contributed by atoms with Crippen molar-refractivity contribution < 1.29 is 9.47 Å². The van der Waals surface area contributed by atoms with E-state index in [2.05, 4.69) is 43.5 Å². The SMILES string of the molecule is CCC(C)c1ccc(OC(C)OCCc2cccs2)cc1. The van der Waals surface area contributed by atoms with Gasteiger partial charge in [-0.1, -0.05) is 32.0 Å². The Morgan fingerprint density at radius 3 is 2.48 bits per heavy atom. The molecular weight excluding hydrogens is 280 g/mol. The Labute approximate surface area is 131 Å². The van der Waals surface area contributed by atoms with Crippen LogP contribution in [0.5, 0.6) is 5.75 Å². The minimum atomic E-state index is -0.223. The van der Waals surface area contributed by atoms with Crippen molar-refractivity contribution in [1.82, 2.24) is 0 Å². The van der Waals surface area contributed by atoms with Gasteiger partial charge in [0.1, 0.15) is 5.75 Å². The van der Waals surface area contributed by atoms with Gasteiger partial charge in [0.15, 0.2) is 6.29 Å². The van der Waals surface area contributed by atoms with E-state index in [4.69, 9.17) is 9.47 Å². The van der Waals surface area contributed by atoms with Gasteiger partial charge in [0, 0.05) is 11.3 Å². The van der Waals surface area contributed by atoms with Gasteiger partial charge in [-0.3, -0.25) is 0 Å². The van der Waals surface area contributed by atoms with Crippen LogP contribution < -0.4 is 4.74 Å². The Hall–Kier alpha value is -1.32. The first-order chi connectivity index (χ1) is 10.2. The highest BCUT2D eigenvalue weighted by molar-refractivity contribution is 7.09. The van der Waals surface area contributed by atoms with Crippen molar-refractivity contribution in [2.24, 2.45) is 0 Å². The third-order valence-electron chi connectivity index (χ3n) is 3.64. The fraction of sp³-hybridized carbons (Fsp3) is 0.444. The summed E-state index contributed by atoms with van der Waals surface area (Å²) >= 11 is 1.76. The third kappa shape index (κ3) is 5.18. The molecule has 0 aliphatic carbocycles. The highest BCUT2D eigenvalue weighted by Crippen LogP contribution is 2.22. The monoisotopic (exact) mass is 304 g/mol. The Bertz CT molecular complexity index is 505. The van der Waals surface area contributed by atoms with Crippen LogP contribution in [0.25, 0.3) is 0 Å². The van der Waals surface area contributed by atoms with Gasteiger partial charge in [0.25, 0.3) is 0 Å². The first-order valence-electron chi connectivity index (χ1n) is 7.59. The molecule has 0 aliphatic heterocycles. The lowest BCUT2D eigenvalue weighted by Crippen LogP contribution is -2.17. The molecule has 0 saturated heterocycles. The van der Waals surface area contributed by atoms with Crippen molar-refractivity contribution >= 4 is 11.3 Å². The van der Waals surface area contributed by atoms with Crippen molar-refractivity contribution in [1.29, 1.82) is 0 Å². The lowest BCUT2D eigenvalue weighted by atomic mass is 9.99. The fourth-order valence-corrected chi connectivity index (χ4v) is 2.81. The normalized spacial score (nSPS) is 13.9. The molecule has 2 atom stereocenters. The van der Waals surface area contributed by atoms with Crippen LogP contribution >= 0.6 is 11.3 Å². The summed E-state index contributed by atoms with van der Waals surface area (Å²) < 4.78 is 11.5. The van der Waals surface area contributed by atoms with Gasteiger partial charge in [-0.15, -0.1) is 11.3 Å². The largest absolute Gasteiger partial charge is 0.465 e. The smallest absolute Gasteiger partial charge is 0.196 e. The van der Waals surface area contributed by atoms with Gasteiger partial charge in [-0.25, -0.2) is 0 Å². The average molecular weight is 304 g/mol. The lowest BCUT2D eigenvalue weighted by molar-refractivity contribution is -0.0652. The maximum Gasteiger partial charge on any atom is 0.196 e. The van der Waals surface area contributed by atoms with Crippen LogP contribution in [-0.2, 0) is 11.2 Å². The second-order valence-corrected chi connectivity index (χ2v) is 6.30. The average Bonchev–Trinajstić information content (AvgIpc) is 3.00. The Balaban J connectivity index is 1.75. The van der Waals surface area contributed by atoms with Gasteiger partial charge in [0.2, 0.25) is 0 Å². The van der Waals surface area contributed by atoms with Crippen LogP contribution in [0.1, 0.15) is 43.6 Å². The summed E-state index contributed by atoms with van der Waals surface area (Å²) in [6.45, 7) is 7.08. The molecule has 0 radical (unpaired) electrons. The van der Waals surface area contributed by atoms with Crippen molar-refractivity contribution in [2.75, 3.05) is 6.61 Å². The third-order valence-corrected chi connectivity index (χ3v) is 4.58. The zero-order valence-electron chi connectivity index (χ0n) is 13.0. The number of rotatable bonds is 8. The van der Waals surface area contributed by atoms with Gasteiger partial charge in [0.05, 0.1) is 6.61 Å². The number of benzene rings is 1. The van der Waals surface area contributed by atoms with E-state index in [1.807, 2.05) is 19.1 Å². The summed E-state index contributed by atoms with van der Waals surface area (Å²) in [5.74, 6) is 1.46. The number of thiophene rings is 1. The second kappa shape index (κ2) is 8.20. The van der Waals surface area contributed by atoms with E-state index in [0.717, 1.165) is 18.6 Å². The molecule has 2 unspecified atom stereocenters. The zero-order valence-corrected chi connectivity index (χ0v) is 13.9. The van der Waals surface area contributed by atoms with E-state index in [0.29, 0.717) is 12.5 Å². The summed E-state index contributed by atoms with van der Waals surface area (Å²) in [5.41, 5.74) is 1.36. The lowest BCUT2D eigenvalue weighted by Gasteiger charge is -2.16. The molecule has 2 nitrogen and oxygen atoms in total. The van der Waals surface area contributed by atoms with Gasteiger partial charge < -0.3 is 9.47 Å². The molecule has 2 aromatic rings. The van der Waals surface area contributed by atoms with Crippen LogP contribution in [0.4, 0.5) is 0 Å². The number of ether oxygens (including phenoxy) is 2. The molecule has 0 amide bonds. The highest BCUT2D eigenvalue weighted by Gasteiger charge is 2.06.